The van der Waals surface area contributed by atoms with Crippen molar-refractivity contribution in [1.82, 2.24) is 5.32 Å². The van der Waals surface area contributed by atoms with Crippen LogP contribution in [-0.4, -0.2) is 31.6 Å². The van der Waals surface area contributed by atoms with Gasteiger partial charge in [-0.15, -0.1) is 0 Å². The Morgan fingerprint density at radius 3 is 2.50 bits per heavy atom. The predicted octanol–water partition coefficient (Wildman–Crippen LogP) is 2.96. The first kappa shape index (κ1) is 18.3. The molecule has 0 bridgehead atoms. The normalized spacial score (nSPS) is 11.6. The number of carbonyl (C=O) groups excluding carboxylic acids is 2. The van der Waals surface area contributed by atoms with Crippen molar-refractivity contribution in [1.29, 1.82) is 0 Å². The van der Waals surface area contributed by atoms with Gasteiger partial charge in [-0.2, -0.15) is 0 Å². The van der Waals surface area contributed by atoms with Gasteiger partial charge in [-0.3, -0.25) is 9.59 Å². The number of methoxy groups -OCH3 is 1. The molecular formula is C16H22ClNO4. The second-order valence-corrected chi connectivity index (χ2v) is 5.33. The lowest BCUT2D eigenvalue weighted by molar-refractivity contribution is -0.140. The first-order valence-corrected chi connectivity index (χ1v) is 7.67. The van der Waals surface area contributed by atoms with Gasteiger partial charge in [0.1, 0.15) is 5.75 Å². The maximum atomic E-state index is 11.9. The summed E-state index contributed by atoms with van der Waals surface area (Å²) in [6.45, 7) is 2.26. The van der Waals surface area contributed by atoms with Crippen LogP contribution in [0.15, 0.2) is 24.3 Å². The second-order valence-electron chi connectivity index (χ2n) is 4.89. The molecule has 1 aromatic rings. The summed E-state index contributed by atoms with van der Waals surface area (Å²) in [6.07, 6.45) is 2.29. The average molecular weight is 328 g/mol. The minimum atomic E-state index is -0.573. The summed E-state index contributed by atoms with van der Waals surface area (Å²) in [5.74, 6) is 0.238. The van der Waals surface area contributed by atoms with Gasteiger partial charge in [0, 0.05) is 18.0 Å². The lowest BCUT2D eigenvalue weighted by Gasteiger charge is -2.14. The Morgan fingerprint density at radius 1 is 1.18 bits per heavy atom. The maximum absolute atomic E-state index is 11.9. The van der Waals surface area contributed by atoms with Crippen molar-refractivity contribution >= 4 is 23.5 Å². The SMILES string of the molecule is COC(=O)CCCCCNC(=O)[C@@H](C)Oc1ccc(Cl)cc1. The number of benzene rings is 1. The van der Waals surface area contributed by atoms with Crippen LogP contribution in [0, 0.1) is 0 Å². The van der Waals surface area contributed by atoms with E-state index in [1.54, 1.807) is 31.2 Å². The van der Waals surface area contributed by atoms with Crippen LogP contribution in [0.1, 0.15) is 32.6 Å². The minimum Gasteiger partial charge on any atom is -0.481 e. The van der Waals surface area contributed by atoms with Crippen molar-refractivity contribution in [3.63, 3.8) is 0 Å². The van der Waals surface area contributed by atoms with Crippen LogP contribution in [0.4, 0.5) is 0 Å². The summed E-state index contributed by atoms with van der Waals surface area (Å²) in [6, 6.07) is 6.86. The minimum absolute atomic E-state index is 0.164. The summed E-state index contributed by atoms with van der Waals surface area (Å²) in [5, 5.41) is 3.43. The number of nitrogens with one attached hydrogen (secondary N) is 1. The third-order valence-electron chi connectivity index (χ3n) is 3.08. The first-order valence-electron chi connectivity index (χ1n) is 7.29. The molecule has 0 unspecified atom stereocenters. The van der Waals surface area contributed by atoms with Crippen LogP contribution >= 0.6 is 11.6 Å². The van der Waals surface area contributed by atoms with E-state index >= 15 is 0 Å². The van der Waals surface area contributed by atoms with Crippen LogP contribution < -0.4 is 10.1 Å². The van der Waals surface area contributed by atoms with Crippen LogP contribution in [0.3, 0.4) is 0 Å². The highest BCUT2D eigenvalue weighted by Crippen LogP contribution is 2.16. The van der Waals surface area contributed by atoms with E-state index in [1.807, 2.05) is 0 Å². The molecule has 0 radical (unpaired) electrons. The molecule has 0 aromatic heterocycles. The van der Waals surface area contributed by atoms with E-state index < -0.39 is 6.10 Å². The van der Waals surface area contributed by atoms with E-state index in [1.165, 1.54) is 7.11 Å². The topological polar surface area (TPSA) is 64.6 Å². The Bertz CT molecular complexity index is 476. The molecule has 0 saturated carbocycles. The standard InChI is InChI=1S/C16H22ClNO4/c1-12(22-14-9-7-13(17)8-10-14)16(20)18-11-5-3-4-6-15(19)21-2/h7-10,12H,3-6,11H2,1-2H3,(H,18,20)/t12-/m1/s1. The number of hydrogen-bond donors (Lipinski definition) is 1. The first-order chi connectivity index (χ1) is 10.5. The molecule has 5 nitrogen and oxygen atoms in total. The molecule has 0 fully saturated rings. The molecule has 1 N–H and O–H groups in total. The molecule has 6 heteroatoms. The van der Waals surface area contributed by atoms with Gasteiger partial charge in [-0.25, -0.2) is 0 Å². The Hall–Kier alpha value is -1.75. The molecular weight excluding hydrogens is 306 g/mol. The fraction of sp³-hybridized carbons (Fsp3) is 0.500. The largest absolute Gasteiger partial charge is 0.481 e. The molecule has 0 aliphatic rings. The molecule has 122 valence electrons. The molecule has 0 heterocycles. The van der Waals surface area contributed by atoms with E-state index in [0.717, 1.165) is 19.3 Å². The zero-order chi connectivity index (χ0) is 16.4. The number of ether oxygens (including phenoxy) is 2. The molecule has 0 aliphatic heterocycles. The summed E-state index contributed by atoms with van der Waals surface area (Å²) in [7, 11) is 1.38. The van der Waals surface area contributed by atoms with Crippen LogP contribution in [0.5, 0.6) is 5.75 Å². The van der Waals surface area contributed by atoms with Gasteiger partial charge in [0.25, 0.3) is 5.91 Å². The Morgan fingerprint density at radius 2 is 1.86 bits per heavy atom. The van der Waals surface area contributed by atoms with Crippen molar-refractivity contribution < 1.29 is 19.1 Å². The van der Waals surface area contributed by atoms with Gasteiger partial charge >= 0.3 is 5.97 Å². The summed E-state index contributed by atoms with van der Waals surface area (Å²) in [5.41, 5.74) is 0. The number of hydrogen-bond acceptors (Lipinski definition) is 4. The Labute approximate surface area is 135 Å². The lowest BCUT2D eigenvalue weighted by Crippen LogP contribution is -2.36. The van der Waals surface area contributed by atoms with Crippen LogP contribution in [-0.2, 0) is 14.3 Å². The molecule has 0 aliphatic carbocycles. The Kier molecular flexibility index (Phi) is 8.36. The van der Waals surface area contributed by atoms with E-state index in [4.69, 9.17) is 16.3 Å². The van der Waals surface area contributed by atoms with Crippen molar-refractivity contribution in [2.45, 2.75) is 38.7 Å². The molecule has 22 heavy (non-hydrogen) atoms. The van der Waals surface area contributed by atoms with Crippen molar-refractivity contribution in [2.24, 2.45) is 0 Å². The van der Waals surface area contributed by atoms with Gasteiger partial charge in [-0.1, -0.05) is 18.0 Å². The highest BCUT2D eigenvalue weighted by Gasteiger charge is 2.13. The summed E-state index contributed by atoms with van der Waals surface area (Å²) >= 11 is 5.79. The van der Waals surface area contributed by atoms with Gasteiger partial charge < -0.3 is 14.8 Å². The third kappa shape index (κ3) is 7.31. The number of amides is 1. The molecule has 1 amide bonds. The third-order valence-corrected chi connectivity index (χ3v) is 3.33. The van der Waals surface area contributed by atoms with E-state index in [0.29, 0.717) is 23.7 Å². The summed E-state index contributed by atoms with van der Waals surface area (Å²) < 4.78 is 10.1. The highest BCUT2D eigenvalue weighted by molar-refractivity contribution is 6.30. The molecule has 0 spiro atoms. The maximum Gasteiger partial charge on any atom is 0.305 e. The zero-order valence-corrected chi connectivity index (χ0v) is 13.7. The van der Waals surface area contributed by atoms with Crippen molar-refractivity contribution in [3.8, 4) is 5.75 Å². The second kappa shape index (κ2) is 10.1. The molecule has 1 aromatic carbocycles. The fourth-order valence-corrected chi connectivity index (χ4v) is 1.93. The van der Waals surface area contributed by atoms with Crippen molar-refractivity contribution in [3.05, 3.63) is 29.3 Å². The van der Waals surface area contributed by atoms with E-state index in [9.17, 15) is 9.59 Å². The summed E-state index contributed by atoms with van der Waals surface area (Å²) in [4.78, 5) is 22.8. The highest BCUT2D eigenvalue weighted by atomic mass is 35.5. The van der Waals surface area contributed by atoms with E-state index in [2.05, 4.69) is 10.1 Å². The zero-order valence-electron chi connectivity index (χ0n) is 12.9. The smallest absolute Gasteiger partial charge is 0.305 e. The van der Waals surface area contributed by atoms with Gasteiger partial charge in [0.15, 0.2) is 6.10 Å². The monoisotopic (exact) mass is 327 g/mol. The average Bonchev–Trinajstić information content (AvgIpc) is 2.52. The number of halogens is 1. The van der Waals surface area contributed by atoms with Crippen LogP contribution in [0.25, 0.3) is 0 Å². The van der Waals surface area contributed by atoms with Gasteiger partial charge in [0.05, 0.1) is 7.11 Å². The Balaban J connectivity index is 2.16. The van der Waals surface area contributed by atoms with E-state index in [-0.39, 0.29) is 11.9 Å². The lowest BCUT2D eigenvalue weighted by atomic mass is 10.2. The molecule has 1 atom stereocenters. The predicted molar refractivity (Wildman–Crippen MR) is 85.0 cm³/mol. The molecule has 1 rings (SSSR count). The van der Waals surface area contributed by atoms with Crippen molar-refractivity contribution in [2.75, 3.05) is 13.7 Å². The number of esters is 1. The number of carbonyl (C=O) groups is 2. The number of unbranched alkanes of at least 4 members (excludes halogenated alkanes) is 2. The molecule has 0 saturated heterocycles. The van der Waals surface area contributed by atoms with Gasteiger partial charge in [-0.05, 0) is 44.0 Å². The van der Waals surface area contributed by atoms with Crippen LogP contribution in [0.2, 0.25) is 5.02 Å². The number of rotatable bonds is 9. The fourth-order valence-electron chi connectivity index (χ4n) is 1.80. The van der Waals surface area contributed by atoms with Gasteiger partial charge in [0.2, 0.25) is 0 Å². The quantitative estimate of drug-likeness (QED) is 0.559.